The van der Waals surface area contributed by atoms with Crippen molar-refractivity contribution >= 4 is 6.29 Å². The molecule has 1 atom stereocenters. The first-order chi connectivity index (χ1) is 7.86. The highest BCUT2D eigenvalue weighted by Gasteiger charge is 2.31. The standard InChI is InChI=1S/C15H20O2/c1-11(7-8-16)5-6-14-12(2)9-13(17)10-15(14,3)4/h7-8,13,17H,9-10H2,1-4H3/b11-7-. The van der Waals surface area contributed by atoms with Crippen LogP contribution in [0.4, 0.5) is 0 Å². The maximum atomic E-state index is 10.3. The van der Waals surface area contributed by atoms with Crippen molar-refractivity contribution in [1.82, 2.24) is 0 Å². The zero-order chi connectivity index (χ0) is 13.1. The molecule has 2 nitrogen and oxygen atoms in total. The molecule has 0 saturated heterocycles. The SMILES string of the molecule is CC1=C(C#C/C(C)=C\C=O)C(C)(C)CC(O)C1. The van der Waals surface area contributed by atoms with E-state index in [1.807, 2.05) is 13.8 Å². The molecule has 1 unspecified atom stereocenters. The number of rotatable bonds is 1. The summed E-state index contributed by atoms with van der Waals surface area (Å²) in [5.74, 6) is 6.15. The maximum absolute atomic E-state index is 10.3. The molecule has 0 aliphatic heterocycles. The molecule has 0 saturated carbocycles. The summed E-state index contributed by atoms with van der Waals surface area (Å²) in [5, 5.41) is 9.75. The molecule has 0 aromatic rings. The van der Waals surface area contributed by atoms with Gasteiger partial charge in [-0.05, 0) is 32.8 Å². The van der Waals surface area contributed by atoms with Crippen LogP contribution in [0, 0.1) is 17.3 Å². The lowest BCUT2D eigenvalue weighted by Gasteiger charge is -2.34. The molecule has 0 heterocycles. The third-order valence-electron chi connectivity index (χ3n) is 3.09. The van der Waals surface area contributed by atoms with Crippen LogP contribution in [-0.2, 0) is 4.79 Å². The molecule has 2 heteroatoms. The zero-order valence-corrected chi connectivity index (χ0v) is 11.0. The van der Waals surface area contributed by atoms with Crippen molar-refractivity contribution < 1.29 is 9.90 Å². The van der Waals surface area contributed by atoms with Crippen molar-refractivity contribution in [2.24, 2.45) is 5.41 Å². The van der Waals surface area contributed by atoms with Crippen LogP contribution in [0.15, 0.2) is 22.8 Å². The molecule has 0 bridgehead atoms. The Morgan fingerprint density at radius 1 is 1.53 bits per heavy atom. The summed E-state index contributed by atoms with van der Waals surface area (Å²) in [7, 11) is 0. The van der Waals surface area contributed by atoms with Crippen LogP contribution in [0.3, 0.4) is 0 Å². The fourth-order valence-electron chi connectivity index (χ4n) is 2.38. The molecule has 0 spiro atoms. The molecule has 0 fully saturated rings. The predicted molar refractivity (Wildman–Crippen MR) is 69.3 cm³/mol. The van der Waals surface area contributed by atoms with E-state index < -0.39 is 0 Å². The summed E-state index contributed by atoms with van der Waals surface area (Å²) < 4.78 is 0. The molecule has 0 amide bonds. The minimum Gasteiger partial charge on any atom is -0.393 e. The predicted octanol–water partition coefficient (Wildman–Crippen LogP) is 2.63. The van der Waals surface area contributed by atoms with E-state index in [-0.39, 0.29) is 11.5 Å². The number of carbonyl (C=O) groups is 1. The molecular formula is C15H20O2. The van der Waals surface area contributed by atoms with Crippen molar-refractivity contribution in [2.45, 2.75) is 46.6 Å². The van der Waals surface area contributed by atoms with E-state index in [0.29, 0.717) is 6.42 Å². The van der Waals surface area contributed by atoms with E-state index >= 15 is 0 Å². The van der Waals surface area contributed by atoms with Crippen LogP contribution >= 0.6 is 0 Å². The van der Waals surface area contributed by atoms with E-state index in [2.05, 4.69) is 25.7 Å². The Labute approximate surface area is 103 Å². The highest BCUT2D eigenvalue weighted by atomic mass is 16.3. The summed E-state index contributed by atoms with van der Waals surface area (Å²) in [4.78, 5) is 10.3. The second kappa shape index (κ2) is 5.33. The van der Waals surface area contributed by atoms with Crippen LogP contribution in [-0.4, -0.2) is 17.5 Å². The van der Waals surface area contributed by atoms with Gasteiger partial charge in [0.1, 0.15) is 6.29 Å². The lowest BCUT2D eigenvalue weighted by Crippen LogP contribution is -2.28. The Balaban J connectivity index is 3.06. The number of hydrogen-bond acceptors (Lipinski definition) is 2. The third kappa shape index (κ3) is 3.57. The first-order valence-corrected chi connectivity index (χ1v) is 5.89. The number of aliphatic hydroxyl groups excluding tert-OH is 1. The lowest BCUT2D eigenvalue weighted by atomic mass is 9.72. The van der Waals surface area contributed by atoms with Gasteiger partial charge in [0.15, 0.2) is 0 Å². The third-order valence-corrected chi connectivity index (χ3v) is 3.09. The van der Waals surface area contributed by atoms with Gasteiger partial charge >= 0.3 is 0 Å². The molecule has 1 aliphatic rings. The number of aldehydes is 1. The Kier molecular flexibility index (Phi) is 4.31. The van der Waals surface area contributed by atoms with Gasteiger partial charge in [-0.3, -0.25) is 4.79 Å². The molecule has 1 aliphatic carbocycles. The fourth-order valence-corrected chi connectivity index (χ4v) is 2.38. The van der Waals surface area contributed by atoms with Gasteiger partial charge in [-0.2, -0.15) is 0 Å². The van der Waals surface area contributed by atoms with Gasteiger partial charge in [-0.25, -0.2) is 0 Å². The lowest BCUT2D eigenvalue weighted by molar-refractivity contribution is -0.104. The van der Waals surface area contributed by atoms with Crippen LogP contribution in [0.2, 0.25) is 0 Å². The normalized spacial score (nSPS) is 24.1. The Morgan fingerprint density at radius 2 is 2.18 bits per heavy atom. The van der Waals surface area contributed by atoms with Gasteiger partial charge in [0, 0.05) is 16.6 Å². The summed E-state index contributed by atoms with van der Waals surface area (Å²) >= 11 is 0. The smallest absolute Gasteiger partial charge is 0.143 e. The summed E-state index contributed by atoms with van der Waals surface area (Å²) in [6, 6.07) is 0. The van der Waals surface area contributed by atoms with Crippen molar-refractivity contribution in [3.05, 3.63) is 22.8 Å². The topological polar surface area (TPSA) is 37.3 Å². The minimum absolute atomic E-state index is 0.0871. The summed E-state index contributed by atoms with van der Waals surface area (Å²) in [6.45, 7) is 8.04. The van der Waals surface area contributed by atoms with Crippen molar-refractivity contribution in [3.8, 4) is 11.8 Å². The summed E-state index contributed by atoms with van der Waals surface area (Å²) in [5.41, 5.74) is 2.93. The number of carbonyl (C=O) groups excluding carboxylic acids is 1. The van der Waals surface area contributed by atoms with Crippen LogP contribution in [0.1, 0.15) is 40.5 Å². The monoisotopic (exact) mass is 232 g/mol. The second-order valence-corrected chi connectivity index (χ2v) is 5.34. The Morgan fingerprint density at radius 3 is 2.71 bits per heavy atom. The zero-order valence-electron chi connectivity index (χ0n) is 11.0. The largest absolute Gasteiger partial charge is 0.393 e. The van der Waals surface area contributed by atoms with E-state index in [9.17, 15) is 9.90 Å². The molecule has 92 valence electrons. The average Bonchev–Trinajstić information content (AvgIpc) is 2.14. The maximum Gasteiger partial charge on any atom is 0.143 e. The van der Waals surface area contributed by atoms with E-state index in [0.717, 1.165) is 29.4 Å². The van der Waals surface area contributed by atoms with Gasteiger partial charge < -0.3 is 5.11 Å². The molecular weight excluding hydrogens is 212 g/mol. The van der Waals surface area contributed by atoms with Gasteiger partial charge in [-0.1, -0.05) is 31.3 Å². The Bertz CT molecular complexity index is 428. The molecule has 1 rings (SSSR count). The van der Waals surface area contributed by atoms with Gasteiger partial charge in [-0.15, -0.1) is 0 Å². The number of allylic oxidation sites excluding steroid dienone is 3. The Hall–Kier alpha value is -1.33. The molecule has 0 aromatic heterocycles. The number of aliphatic hydroxyl groups is 1. The molecule has 1 N–H and O–H groups in total. The molecule has 0 radical (unpaired) electrons. The van der Waals surface area contributed by atoms with Gasteiger partial charge in [0.2, 0.25) is 0 Å². The second-order valence-electron chi connectivity index (χ2n) is 5.34. The van der Waals surface area contributed by atoms with E-state index in [1.54, 1.807) is 0 Å². The van der Waals surface area contributed by atoms with E-state index in [4.69, 9.17) is 0 Å². The van der Waals surface area contributed by atoms with Crippen LogP contribution in [0.25, 0.3) is 0 Å². The van der Waals surface area contributed by atoms with E-state index in [1.165, 1.54) is 6.08 Å². The minimum atomic E-state index is -0.262. The number of hydrogen-bond donors (Lipinski definition) is 1. The highest BCUT2D eigenvalue weighted by Crippen LogP contribution is 2.39. The van der Waals surface area contributed by atoms with Crippen LogP contribution in [0.5, 0.6) is 0 Å². The first kappa shape index (κ1) is 13.7. The van der Waals surface area contributed by atoms with Crippen molar-refractivity contribution in [1.29, 1.82) is 0 Å². The quantitative estimate of drug-likeness (QED) is 0.429. The van der Waals surface area contributed by atoms with Crippen molar-refractivity contribution in [2.75, 3.05) is 0 Å². The molecule has 0 aromatic carbocycles. The van der Waals surface area contributed by atoms with Gasteiger partial charge in [0.25, 0.3) is 0 Å². The molecule has 17 heavy (non-hydrogen) atoms. The summed E-state index contributed by atoms with van der Waals surface area (Å²) in [6.07, 6.45) is 3.39. The average molecular weight is 232 g/mol. The van der Waals surface area contributed by atoms with Gasteiger partial charge in [0.05, 0.1) is 6.10 Å². The first-order valence-electron chi connectivity index (χ1n) is 5.89. The van der Waals surface area contributed by atoms with Crippen LogP contribution < -0.4 is 0 Å². The van der Waals surface area contributed by atoms with Crippen molar-refractivity contribution in [3.63, 3.8) is 0 Å². The highest BCUT2D eigenvalue weighted by molar-refractivity contribution is 5.68. The fraction of sp³-hybridized carbons (Fsp3) is 0.533.